The van der Waals surface area contributed by atoms with Gasteiger partial charge in [0, 0.05) is 32.6 Å². The summed E-state index contributed by atoms with van der Waals surface area (Å²) in [5.74, 6) is 1.87. The molecule has 2 aliphatic heterocycles. The maximum absolute atomic E-state index is 15.4. The van der Waals surface area contributed by atoms with Gasteiger partial charge in [0.25, 0.3) is 11.8 Å². The summed E-state index contributed by atoms with van der Waals surface area (Å²) in [6.45, 7) is 31.5. The number of furan rings is 2. The Kier molecular flexibility index (Phi) is 15.5. The van der Waals surface area contributed by atoms with Gasteiger partial charge in [-0.15, -0.1) is 45.3 Å². The van der Waals surface area contributed by atoms with Crippen LogP contribution in [0.5, 0.6) is 0 Å². The van der Waals surface area contributed by atoms with Crippen LogP contribution >= 0.6 is 45.3 Å². The van der Waals surface area contributed by atoms with E-state index in [4.69, 9.17) is 25.3 Å². The lowest BCUT2D eigenvalue weighted by atomic mass is 10.1. The summed E-state index contributed by atoms with van der Waals surface area (Å²) in [5, 5.41) is 4.16. The van der Waals surface area contributed by atoms with Gasteiger partial charge < -0.3 is 35.1 Å². The number of amides is 2. The molecule has 374 valence electrons. The van der Waals surface area contributed by atoms with E-state index in [1.807, 2.05) is 24.3 Å². The lowest BCUT2D eigenvalue weighted by molar-refractivity contribution is -0.124. The maximum atomic E-state index is 15.4. The number of fused-ring (bicyclic) bond motifs is 1. The molecule has 0 radical (unpaired) electrons. The van der Waals surface area contributed by atoms with E-state index in [1.54, 1.807) is 55.1 Å². The molecule has 0 spiro atoms. The van der Waals surface area contributed by atoms with Crippen LogP contribution in [0.1, 0.15) is 24.4 Å². The highest BCUT2D eigenvalue weighted by Crippen LogP contribution is 2.49. The van der Waals surface area contributed by atoms with Crippen molar-refractivity contribution in [3.63, 3.8) is 0 Å². The molecule has 0 aromatic carbocycles. The third-order valence-corrected chi connectivity index (χ3v) is 36.2. The van der Waals surface area contributed by atoms with Crippen molar-refractivity contribution < 1.29 is 34.9 Å². The predicted molar refractivity (Wildman–Crippen MR) is 308 cm³/mol. The number of rotatable bonds is 22. The average molecular weight is 1120 g/mol. The van der Waals surface area contributed by atoms with Gasteiger partial charge in [-0.1, -0.05) is 12.1 Å². The monoisotopic (exact) mass is 1120 g/mol. The Morgan fingerprint density at radius 3 is 1.14 bits per heavy atom. The zero-order chi connectivity index (χ0) is 50.6. The SMILES string of the molecule is C[Si](C)(C)O[Si](C)(C)O[Si](C)(C)CCCN1C(=O)C2=C(c3ccc(-c4ccc(-c5cccs5)s4)o3)N(CCC[Si](C)(C)O[Si](C)(C)O[Si](C)(C)C)C(=O)C2=C1c1ccc(-c2ccc(-c3cccs3)s2)o1. The summed E-state index contributed by atoms with van der Waals surface area (Å²) >= 11 is 6.73. The highest BCUT2D eigenvalue weighted by atomic mass is 32.1. The molecule has 0 unspecified atom stereocenters. The van der Waals surface area contributed by atoms with E-state index in [2.05, 4.69) is 151 Å². The molecular formula is C50H68N2O8S4Si6. The van der Waals surface area contributed by atoms with E-state index in [0.29, 0.717) is 71.5 Å². The average Bonchev–Trinajstić information content (AvgIpc) is 4.07. The van der Waals surface area contributed by atoms with Crippen molar-refractivity contribution in [1.29, 1.82) is 0 Å². The minimum atomic E-state index is -2.40. The van der Waals surface area contributed by atoms with Crippen LogP contribution in [0.4, 0.5) is 0 Å². The summed E-state index contributed by atoms with van der Waals surface area (Å²) in [4.78, 5) is 41.1. The van der Waals surface area contributed by atoms with E-state index in [-0.39, 0.29) is 11.8 Å². The fourth-order valence-electron chi connectivity index (χ4n) is 9.85. The quantitative estimate of drug-likeness (QED) is 0.0619. The Labute approximate surface area is 437 Å². The largest absolute Gasteiger partial charge is 0.454 e. The number of nitrogens with zero attached hydrogens (tertiary/aromatic N) is 2. The van der Waals surface area contributed by atoms with E-state index in [9.17, 15) is 0 Å². The van der Waals surface area contributed by atoms with Gasteiger partial charge in [0.15, 0.2) is 44.8 Å². The van der Waals surface area contributed by atoms with Crippen molar-refractivity contribution in [2.75, 3.05) is 13.1 Å². The van der Waals surface area contributed by atoms with E-state index in [0.717, 1.165) is 31.6 Å². The van der Waals surface area contributed by atoms with Crippen LogP contribution in [-0.4, -0.2) is 85.1 Å². The zero-order valence-corrected chi connectivity index (χ0v) is 52.4. The second-order valence-electron chi connectivity index (χ2n) is 22.1. The first kappa shape index (κ1) is 53.2. The minimum absolute atomic E-state index is 0.231. The molecule has 8 rings (SSSR count). The molecule has 0 aliphatic carbocycles. The molecule has 0 saturated carbocycles. The van der Waals surface area contributed by atoms with Gasteiger partial charge in [-0.3, -0.25) is 9.59 Å². The second-order valence-corrected chi connectivity index (χ2v) is 51.5. The zero-order valence-electron chi connectivity index (χ0n) is 43.1. The molecule has 6 aromatic heterocycles. The number of hydrogen-bond acceptors (Lipinski definition) is 12. The van der Waals surface area contributed by atoms with Crippen molar-refractivity contribution in [1.82, 2.24) is 9.80 Å². The van der Waals surface area contributed by atoms with Gasteiger partial charge in [0.2, 0.25) is 0 Å². The first-order valence-electron chi connectivity index (χ1n) is 24.1. The van der Waals surface area contributed by atoms with Gasteiger partial charge in [0.1, 0.15) is 22.9 Å². The molecule has 20 heteroatoms. The Morgan fingerprint density at radius 1 is 0.443 bits per heavy atom. The van der Waals surface area contributed by atoms with E-state index >= 15 is 9.59 Å². The topological polar surface area (TPSA) is 104 Å². The highest BCUT2D eigenvalue weighted by Gasteiger charge is 2.51. The van der Waals surface area contributed by atoms with Gasteiger partial charge in [-0.05, 0) is 188 Å². The molecule has 0 saturated heterocycles. The predicted octanol–water partition coefficient (Wildman–Crippen LogP) is 15.9. The molecule has 10 nitrogen and oxygen atoms in total. The smallest absolute Gasteiger partial charge is 0.311 e. The molecule has 2 aliphatic rings. The van der Waals surface area contributed by atoms with Crippen LogP contribution in [0, 0.1) is 0 Å². The fraction of sp³-hybridized carbons (Fsp3) is 0.400. The molecule has 8 heterocycles. The Bertz CT molecular complexity index is 2700. The number of hydrogen-bond donors (Lipinski definition) is 0. The van der Waals surface area contributed by atoms with Crippen molar-refractivity contribution in [3.05, 3.63) is 106 Å². The summed E-state index contributed by atoms with van der Waals surface area (Å²) < 4.78 is 40.5. The normalized spacial score (nSPS) is 15.5. The van der Waals surface area contributed by atoms with E-state index < -0.39 is 50.4 Å². The van der Waals surface area contributed by atoms with Gasteiger partial charge in [0.05, 0.1) is 20.9 Å². The third-order valence-electron chi connectivity index (χ3n) is 11.6. The lowest BCUT2D eigenvalue weighted by Gasteiger charge is -2.37. The van der Waals surface area contributed by atoms with Crippen LogP contribution in [0.15, 0.2) is 104 Å². The molecule has 0 atom stereocenters. The van der Waals surface area contributed by atoms with Crippen LogP contribution in [0.2, 0.25) is 104 Å². The Hall–Kier alpha value is -3.08. The van der Waals surface area contributed by atoms with Crippen molar-refractivity contribution in [2.45, 2.75) is 117 Å². The van der Waals surface area contributed by atoms with Crippen molar-refractivity contribution in [2.24, 2.45) is 0 Å². The van der Waals surface area contributed by atoms with Gasteiger partial charge in [-0.2, -0.15) is 0 Å². The third kappa shape index (κ3) is 12.6. The molecule has 0 N–H and O–H groups in total. The molecule has 2 amide bonds. The van der Waals surface area contributed by atoms with Crippen LogP contribution < -0.4 is 0 Å². The summed E-state index contributed by atoms with van der Waals surface area (Å²) in [6.07, 6.45) is 1.36. The first-order valence-corrected chi connectivity index (χ1v) is 46.2. The molecule has 0 fully saturated rings. The summed E-state index contributed by atoms with van der Waals surface area (Å²) in [7, 11) is -12.9. The van der Waals surface area contributed by atoms with Crippen LogP contribution in [0.25, 0.3) is 52.2 Å². The number of thiophene rings is 4. The first-order chi connectivity index (χ1) is 32.7. The molecule has 70 heavy (non-hydrogen) atoms. The summed E-state index contributed by atoms with van der Waals surface area (Å²) in [5.41, 5.74) is 1.72. The summed E-state index contributed by atoms with van der Waals surface area (Å²) in [6, 6.07) is 26.1. The van der Waals surface area contributed by atoms with Gasteiger partial charge in [-0.25, -0.2) is 0 Å². The van der Waals surface area contributed by atoms with Crippen LogP contribution in [-0.2, 0) is 26.0 Å². The lowest BCUT2D eigenvalue weighted by Crippen LogP contribution is -2.51. The molecule has 6 aromatic rings. The minimum Gasteiger partial charge on any atom is -0.454 e. The van der Waals surface area contributed by atoms with Crippen molar-refractivity contribution >= 4 is 119 Å². The Morgan fingerprint density at radius 2 is 0.800 bits per heavy atom. The Balaban J connectivity index is 1.17. The maximum Gasteiger partial charge on any atom is 0.311 e. The number of carbonyl (C=O) groups is 2. The highest BCUT2D eigenvalue weighted by molar-refractivity contribution is 7.23. The molecular weight excluding hydrogens is 1050 g/mol. The second kappa shape index (κ2) is 20.3. The van der Waals surface area contributed by atoms with Crippen molar-refractivity contribution in [3.8, 4) is 40.8 Å². The van der Waals surface area contributed by atoms with Gasteiger partial charge >= 0.3 is 17.1 Å². The van der Waals surface area contributed by atoms with Crippen LogP contribution in [0.3, 0.4) is 0 Å². The van der Waals surface area contributed by atoms with E-state index in [1.165, 1.54) is 9.75 Å². The standard InChI is InChI=1S/C50H68N2O8S4Si6/c1-65(2,3)57-69(11,12)59-67(7,8)33-17-29-51-47(37-23-21-35(55-37)39-25-27-43(63-39)41-19-15-31-61-41)45-46(49(51)53)48(38-24-22-36(56-38)40-26-28-44(64-40)42-20-16-32-62-42)52(50(45)54)30-18-34-68(9,10)60-70(13,14)58-66(4,5)6/h15-16,19-28,31-32H,17-18,29-30,33-34H2,1-14H3. The molecule has 0 bridgehead atoms. The number of carbonyl (C=O) groups excluding carboxylic acids is 2. The fourth-order valence-corrected chi connectivity index (χ4v) is 39.8.